The zero-order chi connectivity index (χ0) is 13.1. The van der Waals surface area contributed by atoms with Crippen molar-refractivity contribution in [2.75, 3.05) is 5.32 Å². The monoisotopic (exact) mass is 260 g/mol. The van der Waals surface area contributed by atoms with E-state index in [1.54, 1.807) is 24.4 Å². The van der Waals surface area contributed by atoms with E-state index in [9.17, 15) is 9.59 Å². The predicted octanol–water partition coefficient (Wildman–Crippen LogP) is 2.83. The summed E-state index contributed by atoms with van der Waals surface area (Å²) >= 11 is 1.14. The van der Waals surface area contributed by atoms with Crippen LogP contribution in [0.25, 0.3) is 10.9 Å². The molecule has 2 rings (SSSR count). The largest absolute Gasteiger partial charge is 0.326 e. The third-order valence-corrected chi connectivity index (χ3v) is 3.13. The zero-order valence-corrected chi connectivity index (χ0v) is 10.9. The molecule has 18 heavy (non-hydrogen) atoms. The molecule has 0 aliphatic carbocycles. The molecule has 4 nitrogen and oxygen atoms in total. The summed E-state index contributed by atoms with van der Waals surface area (Å²) in [6.07, 6.45) is 1.67. The fourth-order valence-electron chi connectivity index (χ4n) is 1.68. The highest BCUT2D eigenvalue weighted by atomic mass is 32.2. The second kappa shape index (κ2) is 5.18. The molecule has 0 bridgehead atoms. The Hall–Kier alpha value is -1.88. The van der Waals surface area contributed by atoms with Crippen molar-refractivity contribution in [3.63, 3.8) is 0 Å². The van der Waals surface area contributed by atoms with E-state index in [1.165, 1.54) is 13.8 Å². The SMILES string of the molecule is CC(=O)Nc1ccc(SC(C)=O)c2ncccc12. The normalized spacial score (nSPS) is 10.3. The predicted molar refractivity (Wildman–Crippen MR) is 72.6 cm³/mol. The highest BCUT2D eigenvalue weighted by Crippen LogP contribution is 2.31. The lowest BCUT2D eigenvalue weighted by Crippen LogP contribution is -2.06. The van der Waals surface area contributed by atoms with Gasteiger partial charge in [-0.05, 0) is 36.0 Å². The number of fused-ring (bicyclic) bond motifs is 1. The molecule has 0 fully saturated rings. The van der Waals surface area contributed by atoms with Crippen molar-refractivity contribution >= 4 is 39.4 Å². The highest BCUT2D eigenvalue weighted by Gasteiger charge is 2.09. The topological polar surface area (TPSA) is 59.1 Å². The summed E-state index contributed by atoms with van der Waals surface area (Å²) in [4.78, 5) is 27.4. The van der Waals surface area contributed by atoms with Crippen LogP contribution in [0, 0.1) is 0 Å². The lowest BCUT2D eigenvalue weighted by atomic mass is 10.2. The molecule has 2 aromatic rings. The van der Waals surface area contributed by atoms with Gasteiger partial charge in [0.1, 0.15) is 0 Å². The first-order valence-electron chi connectivity index (χ1n) is 5.41. The number of hydrogen-bond acceptors (Lipinski definition) is 4. The van der Waals surface area contributed by atoms with Crippen molar-refractivity contribution in [1.82, 2.24) is 4.98 Å². The summed E-state index contributed by atoms with van der Waals surface area (Å²) in [5, 5.41) is 3.60. The van der Waals surface area contributed by atoms with E-state index in [0.29, 0.717) is 5.69 Å². The first kappa shape index (κ1) is 12.6. The number of carbonyl (C=O) groups excluding carboxylic acids is 2. The Balaban J connectivity index is 2.58. The number of aromatic nitrogens is 1. The number of anilines is 1. The van der Waals surface area contributed by atoms with Crippen molar-refractivity contribution in [1.29, 1.82) is 0 Å². The van der Waals surface area contributed by atoms with Crippen LogP contribution in [0.1, 0.15) is 13.8 Å². The quantitative estimate of drug-likeness (QED) is 0.843. The van der Waals surface area contributed by atoms with Crippen LogP contribution in [-0.2, 0) is 9.59 Å². The Morgan fingerprint density at radius 2 is 2.00 bits per heavy atom. The number of benzene rings is 1. The molecule has 0 aliphatic rings. The zero-order valence-electron chi connectivity index (χ0n) is 10.1. The lowest BCUT2D eigenvalue weighted by Gasteiger charge is -2.09. The summed E-state index contributed by atoms with van der Waals surface area (Å²) in [5.41, 5.74) is 1.43. The molecule has 1 N–H and O–H groups in total. The summed E-state index contributed by atoms with van der Waals surface area (Å²) in [7, 11) is 0. The molecule has 0 saturated heterocycles. The van der Waals surface area contributed by atoms with E-state index in [-0.39, 0.29) is 11.0 Å². The van der Waals surface area contributed by atoms with E-state index < -0.39 is 0 Å². The lowest BCUT2D eigenvalue weighted by molar-refractivity contribution is -0.114. The number of amides is 1. The second-order valence-corrected chi connectivity index (χ2v) is 5.00. The third-order valence-electron chi connectivity index (χ3n) is 2.30. The minimum atomic E-state index is -0.132. The summed E-state index contributed by atoms with van der Waals surface area (Å²) in [6, 6.07) is 7.26. The number of thioether (sulfide) groups is 1. The van der Waals surface area contributed by atoms with Crippen LogP contribution in [0.4, 0.5) is 5.69 Å². The van der Waals surface area contributed by atoms with E-state index >= 15 is 0 Å². The average Bonchev–Trinajstić information content (AvgIpc) is 2.31. The van der Waals surface area contributed by atoms with E-state index in [2.05, 4.69) is 10.3 Å². The van der Waals surface area contributed by atoms with Gasteiger partial charge in [0, 0.05) is 30.3 Å². The van der Waals surface area contributed by atoms with Crippen molar-refractivity contribution in [2.24, 2.45) is 0 Å². The fourth-order valence-corrected chi connectivity index (χ4v) is 2.39. The van der Waals surface area contributed by atoms with E-state index in [1.807, 2.05) is 6.07 Å². The molecule has 1 amide bonds. The van der Waals surface area contributed by atoms with Gasteiger partial charge in [0.2, 0.25) is 5.91 Å². The van der Waals surface area contributed by atoms with Gasteiger partial charge in [-0.1, -0.05) is 0 Å². The standard InChI is InChI=1S/C13H12N2O2S/c1-8(16)15-11-5-6-12(18-9(2)17)13-10(11)4-3-7-14-13/h3-7H,1-2H3,(H,15,16). The average molecular weight is 260 g/mol. The number of carbonyl (C=O) groups is 2. The van der Waals surface area contributed by atoms with Crippen LogP contribution in [0.5, 0.6) is 0 Å². The molecule has 0 atom stereocenters. The molecule has 1 heterocycles. The molecule has 1 aromatic heterocycles. The van der Waals surface area contributed by atoms with Gasteiger partial charge in [-0.2, -0.15) is 0 Å². The molecule has 92 valence electrons. The first-order chi connectivity index (χ1) is 8.58. The maximum atomic E-state index is 11.2. The summed E-state index contributed by atoms with van der Waals surface area (Å²) in [6.45, 7) is 2.97. The van der Waals surface area contributed by atoms with Gasteiger partial charge in [0.05, 0.1) is 11.2 Å². The second-order valence-electron chi connectivity index (χ2n) is 3.79. The summed E-state index contributed by atoms with van der Waals surface area (Å²) in [5.74, 6) is -0.132. The minimum Gasteiger partial charge on any atom is -0.326 e. The van der Waals surface area contributed by atoms with Gasteiger partial charge in [-0.3, -0.25) is 14.6 Å². The van der Waals surface area contributed by atoms with Gasteiger partial charge < -0.3 is 5.32 Å². The van der Waals surface area contributed by atoms with Crippen LogP contribution in [0.15, 0.2) is 35.4 Å². The van der Waals surface area contributed by atoms with Crippen molar-refractivity contribution in [3.05, 3.63) is 30.5 Å². The van der Waals surface area contributed by atoms with Gasteiger partial charge >= 0.3 is 0 Å². The number of hydrogen-bond donors (Lipinski definition) is 1. The van der Waals surface area contributed by atoms with Gasteiger partial charge in [0.25, 0.3) is 0 Å². The van der Waals surface area contributed by atoms with Crippen LogP contribution < -0.4 is 5.32 Å². The van der Waals surface area contributed by atoms with Crippen molar-refractivity contribution in [3.8, 4) is 0 Å². The van der Waals surface area contributed by atoms with Gasteiger partial charge in [-0.25, -0.2) is 0 Å². The molecule has 5 heteroatoms. The minimum absolute atomic E-state index is 0.00855. The first-order valence-corrected chi connectivity index (χ1v) is 6.23. The Morgan fingerprint density at radius 3 is 2.67 bits per heavy atom. The molecule has 0 spiro atoms. The number of nitrogens with one attached hydrogen (secondary N) is 1. The maximum Gasteiger partial charge on any atom is 0.221 e. The molecule has 0 unspecified atom stereocenters. The Morgan fingerprint density at radius 1 is 1.22 bits per heavy atom. The van der Waals surface area contributed by atoms with Crippen molar-refractivity contribution < 1.29 is 9.59 Å². The van der Waals surface area contributed by atoms with Gasteiger partial charge in [0.15, 0.2) is 5.12 Å². The van der Waals surface area contributed by atoms with Crippen LogP contribution in [-0.4, -0.2) is 16.0 Å². The van der Waals surface area contributed by atoms with Crippen LogP contribution in [0.2, 0.25) is 0 Å². The molecule has 0 saturated carbocycles. The van der Waals surface area contributed by atoms with Crippen molar-refractivity contribution in [2.45, 2.75) is 18.7 Å². The number of nitrogens with zero attached hydrogens (tertiary/aromatic N) is 1. The Bertz CT molecular complexity index is 571. The Kier molecular flexibility index (Phi) is 3.62. The fraction of sp³-hybridized carbons (Fsp3) is 0.154. The Labute approximate surface area is 109 Å². The summed E-state index contributed by atoms with van der Waals surface area (Å²) < 4.78 is 0. The number of pyridine rings is 1. The molecular weight excluding hydrogens is 248 g/mol. The smallest absolute Gasteiger partial charge is 0.221 e. The molecule has 1 aromatic carbocycles. The maximum absolute atomic E-state index is 11.2. The molecule has 0 aliphatic heterocycles. The third kappa shape index (κ3) is 2.68. The molecule has 0 radical (unpaired) electrons. The molecular formula is C13H12N2O2S. The number of rotatable bonds is 2. The van der Waals surface area contributed by atoms with Crippen LogP contribution in [0.3, 0.4) is 0 Å². The van der Waals surface area contributed by atoms with E-state index in [4.69, 9.17) is 0 Å². The van der Waals surface area contributed by atoms with Gasteiger partial charge in [-0.15, -0.1) is 0 Å². The highest BCUT2D eigenvalue weighted by molar-refractivity contribution is 8.13. The van der Waals surface area contributed by atoms with Crippen LogP contribution >= 0.6 is 11.8 Å². The van der Waals surface area contributed by atoms with E-state index in [0.717, 1.165) is 27.6 Å².